The van der Waals surface area contributed by atoms with Crippen molar-refractivity contribution in [2.24, 2.45) is 0 Å². The Balaban J connectivity index is 1.27. The summed E-state index contributed by atoms with van der Waals surface area (Å²) in [7, 11) is 0. The number of fused-ring (bicyclic) bond motifs is 10. The average molecular weight is 514 g/mol. The minimum absolute atomic E-state index is 0.848. The van der Waals surface area contributed by atoms with Gasteiger partial charge >= 0.3 is 0 Å². The fourth-order valence-electron chi connectivity index (χ4n) is 6.41. The van der Waals surface area contributed by atoms with Gasteiger partial charge in [-0.1, -0.05) is 72.8 Å². The fraction of sp³-hybridized carbons (Fsp3) is 0.0270. The van der Waals surface area contributed by atoms with E-state index in [0.29, 0.717) is 0 Å². The number of hydrogen-bond acceptors (Lipinski definition) is 2. The number of hydrogen-bond donors (Lipinski definition) is 0. The van der Waals surface area contributed by atoms with E-state index in [4.69, 9.17) is 8.83 Å². The lowest BCUT2D eigenvalue weighted by Gasteiger charge is -2.07. The Morgan fingerprint density at radius 2 is 1.12 bits per heavy atom. The first-order chi connectivity index (χ1) is 19.8. The van der Waals surface area contributed by atoms with Crippen molar-refractivity contribution in [2.75, 3.05) is 0 Å². The third-order valence-electron chi connectivity index (χ3n) is 8.21. The zero-order chi connectivity index (χ0) is 26.2. The predicted octanol–water partition coefficient (Wildman–Crippen LogP) is 10.2. The second kappa shape index (κ2) is 8.11. The number of aromatic nitrogens is 1. The molecule has 0 unspecified atom stereocenters. The van der Waals surface area contributed by atoms with Crippen molar-refractivity contribution in [3.8, 4) is 5.69 Å². The SMILES string of the molecule is c1ccc(Cc2ccc3oc4ccc5c6cc(-n7c8ccccc8c8ccccc87)ccc6oc5c4c3c2)cc1. The van der Waals surface area contributed by atoms with Crippen LogP contribution in [-0.2, 0) is 6.42 Å². The van der Waals surface area contributed by atoms with Crippen LogP contribution in [-0.4, -0.2) is 4.57 Å². The van der Waals surface area contributed by atoms with Gasteiger partial charge in [-0.2, -0.15) is 0 Å². The Morgan fingerprint density at radius 1 is 0.450 bits per heavy atom. The second-order valence-corrected chi connectivity index (χ2v) is 10.6. The highest BCUT2D eigenvalue weighted by Gasteiger charge is 2.18. The Kier molecular flexibility index (Phi) is 4.39. The molecule has 9 aromatic rings. The van der Waals surface area contributed by atoms with Gasteiger partial charge in [0.15, 0.2) is 0 Å². The number of para-hydroxylation sites is 2. The smallest absolute Gasteiger partial charge is 0.147 e. The highest BCUT2D eigenvalue weighted by Crippen LogP contribution is 2.41. The summed E-state index contributed by atoms with van der Waals surface area (Å²) in [6.07, 6.45) is 0.877. The summed E-state index contributed by atoms with van der Waals surface area (Å²) in [5.41, 5.74) is 9.55. The molecule has 40 heavy (non-hydrogen) atoms. The number of rotatable bonds is 3. The lowest BCUT2D eigenvalue weighted by atomic mass is 10.0. The van der Waals surface area contributed by atoms with Crippen molar-refractivity contribution < 1.29 is 8.83 Å². The molecule has 0 bridgehead atoms. The van der Waals surface area contributed by atoms with E-state index in [1.807, 2.05) is 0 Å². The molecule has 3 aromatic heterocycles. The highest BCUT2D eigenvalue weighted by atomic mass is 16.3. The normalized spacial score (nSPS) is 12.1. The molecular formula is C37H23NO2. The third kappa shape index (κ3) is 3.06. The minimum Gasteiger partial charge on any atom is -0.456 e. The van der Waals surface area contributed by atoms with Gasteiger partial charge in [-0.05, 0) is 72.1 Å². The van der Waals surface area contributed by atoms with Gasteiger partial charge in [0.25, 0.3) is 0 Å². The van der Waals surface area contributed by atoms with E-state index >= 15 is 0 Å². The lowest BCUT2D eigenvalue weighted by molar-refractivity contribution is 0.662. The van der Waals surface area contributed by atoms with Crippen LogP contribution in [0.25, 0.3) is 71.4 Å². The minimum atomic E-state index is 0.848. The molecule has 0 aliphatic rings. The van der Waals surface area contributed by atoms with Gasteiger partial charge in [-0.15, -0.1) is 0 Å². The van der Waals surface area contributed by atoms with Crippen molar-refractivity contribution in [1.29, 1.82) is 0 Å². The van der Waals surface area contributed by atoms with E-state index in [0.717, 1.165) is 56.0 Å². The first-order valence-electron chi connectivity index (χ1n) is 13.6. The molecule has 3 heteroatoms. The topological polar surface area (TPSA) is 31.2 Å². The molecule has 0 saturated heterocycles. The molecule has 0 fully saturated rings. The predicted molar refractivity (Wildman–Crippen MR) is 165 cm³/mol. The van der Waals surface area contributed by atoms with Crippen LogP contribution in [0.3, 0.4) is 0 Å². The number of nitrogens with zero attached hydrogens (tertiary/aromatic N) is 1. The van der Waals surface area contributed by atoms with Crippen LogP contribution in [0.5, 0.6) is 0 Å². The van der Waals surface area contributed by atoms with Crippen molar-refractivity contribution in [2.45, 2.75) is 6.42 Å². The van der Waals surface area contributed by atoms with Gasteiger partial charge in [-0.3, -0.25) is 0 Å². The Morgan fingerprint density at radius 3 is 1.93 bits per heavy atom. The van der Waals surface area contributed by atoms with E-state index < -0.39 is 0 Å². The maximum absolute atomic E-state index is 6.57. The summed E-state index contributed by atoms with van der Waals surface area (Å²) in [5, 5.41) is 6.85. The second-order valence-electron chi connectivity index (χ2n) is 10.6. The Labute approximate surface area is 229 Å². The Bertz CT molecular complexity index is 2350. The highest BCUT2D eigenvalue weighted by molar-refractivity contribution is 6.22. The molecule has 0 amide bonds. The van der Waals surface area contributed by atoms with Crippen LogP contribution in [0, 0.1) is 0 Å². The molecule has 0 N–H and O–H groups in total. The fourth-order valence-corrected chi connectivity index (χ4v) is 6.41. The van der Waals surface area contributed by atoms with Crippen molar-refractivity contribution in [1.82, 2.24) is 4.57 Å². The summed E-state index contributed by atoms with van der Waals surface area (Å²) < 4.78 is 15.2. The maximum atomic E-state index is 6.57. The van der Waals surface area contributed by atoms with E-state index in [1.165, 1.54) is 32.9 Å². The third-order valence-corrected chi connectivity index (χ3v) is 8.21. The molecule has 6 aromatic carbocycles. The quantitative estimate of drug-likeness (QED) is 0.235. The first-order valence-corrected chi connectivity index (χ1v) is 13.6. The largest absolute Gasteiger partial charge is 0.456 e. The van der Waals surface area contributed by atoms with Gasteiger partial charge in [0.2, 0.25) is 0 Å². The summed E-state index contributed by atoms with van der Waals surface area (Å²) in [5.74, 6) is 0. The van der Waals surface area contributed by atoms with Crippen LogP contribution in [0.1, 0.15) is 11.1 Å². The van der Waals surface area contributed by atoms with Crippen LogP contribution < -0.4 is 0 Å². The van der Waals surface area contributed by atoms with E-state index in [-0.39, 0.29) is 0 Å². The molecule has 9 rings (SSSR count). The van der Waals surface area contributed by atoms with E-state index in [9.17, 15) is 0 Å². The molecule has 3 nitrogen and oxygen atoms in total. The summed E-state index contributed by atoms with van der Waals surface area (Å²) in [6.45, 7) is 0. The van der Waals surface area contributed by atoms with Crippen LogP contribution in [0.15, 0.2) is 136 Å². The zero-order valence-electron chi connectivity index (χ0n) is 21.6. The summed E-state index contributed by atoms with van der Waals surface area (Å²) >= 11 is 0. The summed E-state index contributed by atoms with van der Waals surface area (Å²) in [4.78, 5) is 0. The number of benzene rings is 6. The molecule has 188 valence electrons. The average Bonchev–Trinajstić information content (AvgIpc) is 3.66. The van der Waals surface area contributed by atoms with Crippen molar-refractivity contribution >= 4 is 65.7 Å². The van der Waals surface area contributed by atoms with Gasteiger partial charge in [0.1, 0.15) is 22.3 Å². The molecule has 0 saturated carbocycles. The molecule has 0 atom stereocenters. The van der Waals surface area contributed by atoms with E-state index in [1.54, 1.807) is 0 Å². The molecular weight excluding hydrogens is 490 g/mol. The standard InChI is InChI=1S/C37H23NO2/c1-2-8-23(9-3-1)20-24-14-17-34-30(21-24)36-35(39-34)19-16-28-29-22-25(15-18-33(29)40-37(28)36)38-31-12-6-4-10-26(31)27-11-5-7-13-32(27)38/h1-19,21-22H,20H2. The maximum Gasteiger partial charge on any atom is 0.147 e. The monoisotopic (exact) mass is 513 g/mol. The molecule has 0 radical (unpaired) electrons. The molecule has 0 aliphatic carbocycles. The van der Waals surface area contributed by atoms with Gasteiger partial charge in [0.05, 0.1) is 16.4 Å². The molecule has 3 heterocycles. The Hall–Kier alpha value is -5.28. The van der Waals surface area contributed by atoms with Gasteiger partial charge < -0.3 is 13.4 Å². The van der Waals surface area contributed by atoms with Crippen molar-refractivity contribution in [3.63, 3.8) is 0 Å². The zero-order valence-corrected chi connectivity index (χ0v) is 21.6. The lowest BCUT2D eigenvalue weighted by Crippen LogP contribution is -1.93. The van der Waals surface area contributed by atoms with Crippen LogP contribution in [0.4, 0.5) is 0 Å². The van der Waals surface area contributed by atoms with Gasteiger partial charge in [-0.25, -0.2) is 0 Å². The number of furan rings is 2. The molecule has 0 aliphatic heterocycles. The van der Waals surface area contributed by atoms with Crippen LogP contribution in [0.2, 0.25) is 0 Å². The van der Waals surface area contributed by atoms with Crippen LogP contribution >= 0.6 is 0 Å². The van der Waals surface area contributed by atoms with E-state index in [2.05, 4.69) is 132 Å². The van der Waals surface area contributed by atoms with Crippen molar-refractivity contribution in [3.05, 3.63) is 139 Å². The first kappa shape index (κ1) is 21.6. The summed E-state index contributed by atoms with van der Waals surface area (Å²) in [6, 6.07) is 45.0. The van der Waals surface area contributed by atoms with Gasteiger partial charge in [0, 0.05) is 32.6 Å². The molecule has 0 spiro atoms.